The van der Waals surface area contributed by atoms with Gasteiger partial charge in [0.05, 0.1) is 12.1 Å². The third kappa shape index (κ3) is 9.13. The second kappa shape index (κ2) is 15.7. The van der Waals surface area contributed by atoms with Gasteiger partial charge in [0.15, 0.2) is 6.04 Å². The molecular formula is C30H40N6O6. The fourth-order valence-corrected chi connectivity index (χ4v) is 4.65. The van der Waals surface area contributed by atoms with E-state index >= 15 is 0 Å². The number of rotatable bonds is 16. The molecule has 3 amide bonds. The van der Waals surface area contributed by atoms with Crippen LogP contribution in [0.4, 0.5) is 0 Å². The fourth-order valence-electron chi connectivity index (χ4n) is 4.65. The van der Waals surface area contributed by atoms with Crippen LogP contribution in [-0.2, 0) is 32.0 Å². The van der Waals surface area contributed by atoms with Gasteiger partial charge >= 0.3 is 5.97 Å². The van der Waals surface area contributed by atoms with Gasteiger partial charge in [0, 0.05) is 23.5 Å². The van der Waals surface area contributed by atoms with E-state index in [0.29, 0.717) is 24.9 Å². The van der Waals surface area contributed by atoms with Crippen LogP contribution in [0.3, 0.4) is 0 Å². The smallest absolute Gasteiger partial charge is 0.328 e. The Labute approximate surface area is 244 Å². The lowest BCUT2D eigenvalue weighted by Crippen LogP contribution is -2.58. The highest BCUT2D eigenvalue weighted by atomic mass is 16.4. The van der Waals surface area contributed by atoms with Crippen LogP contribution in [0, 0.1) is 0 Å². The molecular weight excluding hydrogens is 540 g/mol. The van der Waals surface area contributed by atoms with Gasteiger partial charge in [0.25, 0.3) is 0 Å². The molecule has 0 saturated heterocycles. The van der Waals surface area contributed by atoms with Crippen molar-refractivity contribution in [2.24, 2.45) is 11.5 Å². The maximum atomic E-state index is 13.6. The van der Waals surface area contributed by atoms with E-state index in [9.17, 15) is 29.4 Å². The zero-order valence-electron chi connectivity index (χ0n) is 23.6. The molecule has 0 fully saturated rings. The Bertz CT molecular complexity index is 1340. The Morgan fingerprint density at radius 1 is 0.857 bits per heavy atom. The van der Waals surface area contributed by atoms with E-state index in [1.165, 1.54) is 6.92 Å². The van der Waals surface area contributed by atoms with E-state index in [0.717, 1.165) is 16.5 Å². The highest BCUT2D eigenvalue weighted by Crippen LogP contribution is 2.19. The van der Waals surface area contributed by atoms with Gasteiger partial charge in [-0.25, -0.2) is 4.79 Å². The number of nitrogens with one attached hydrogen (secondary N) is 4. The number of benzene rings is 2. The number of carboxylic acids is 1. The van der Waals surface area contributed by atoms with E-state index in [-0.39, 0.29) is 19.3 Å². The van der Waals surface area contributed by atoms with Crippen LogP contribution in [0.2, 0.25) is 0 Å². The van der Waals surface area contributed by atoms with E-state index in [4.69, 9.17) is 11.5 Å². The van der Waals surface area contributed by atoms with Gasteiger partial charge < -0.3 is 42.6 Å². The summed E-state index contributed by atoms with van der Waals surface area (Å²) in [5.41, 5.74) is 14.2. The molecule has 0 spiro atoms. The first-order chi connectivity index (χ1) is 20.1. The molecule has 3 rings (SSSR count). The topological polar surface area (TPSA) is 213 Å². The Hall–Kier alpha value is -4.26. The minimum Gasteiger partial charge on any atom is -0.480 e. The van der Waals surface area contributed by atoms with Crippen molar-refractivity contribution in [3.8, 4) is 0 Å². The number of carbonyl (C=O) groups excluding carboxylic acids is 3. The number of hydrogen-bond acceptors (Lipinski definition) is 7. The third-order valence-corrected chi connectivity index (χ3v) is 6.99. The summed E-state index contributed by atoms with van der Waals surface area (Å²) in [6, 6.07) is 11.9. The number of carbonyl (C=O) groups is 4. The normalized spacial score (nSPS) is 14.8. The molecule has 0 aliphatic carbocycles. The number of aromatic nitrogens is 1. The third-order valence-electron chi connectivity index (χ3n) is 6.99. The van der Waals surface area contributed by atoms with Crippen molar-refractivity contribution in [2.75, 3.05) is 6.54 Å². The molecule has 5 atom stereocenters. The number of aliphatic hydroxyl groups excluding tert-OH is 1. The molecule has 0 aliphatic heterocycles. The second-order valence-corrected chi connectivity index (χ2v) is 10.3. The van der Waals surface area contributed by atoms with Crippen molar-refractivity contribution in [1.29, 1.82) is 0 Å². The van der Waals surface area contributed by atoms with Crippen molar-refractivity contribution in [1.82, 2.24) is 20.9 Å². The summed E-state index contributed by atoms with van der Waals surface area (Å²) in [7, 11) is 0. The highest BCUT2D eigenvalue weighted by Gasteiger charge is 2.32. The number of nitrogens with two attached hydrogens (primary N) is 2. The zero-order valence-corrected chi connectivity index (χ0v) is 23.6. The highest BCUT2D eigenvalue weighted by molar-refractivity contribution is 5.95. The summed E-state index contributed by atoms with van der Waals surface area (Å²) < 4.78 is 0. The average Bonchev–Trinajstić information content (AvgIpc) is 3.37. The predicted molar refractivity (Wildman–Crippen MR) is 158 cm³/mol. The van der Waals surface area contributed by atoms with E-state index in [2.05, 4.69) is 20.9 Å². The van der Waals surface area contributed by atoms with Crippen molar-refractivity contribution in [3.05, 3.63) is 71.9 Å². The van der Waals surface area contributed by atoms with E-state index in [1.54, 1.807) is 6.20 Å². The molecule has 42 heavy (non-hydrogen) atoms. The van der Waals surface area contributed by atoms with Crippen molar-refractivity contribution in [2.45, 2.75) is 69.3 Å². The summed E-state index contributed by atoms with van der Waals surface area (Å²) in [6.07, 6.45) is 2.01. The molecule has 1 heterocycles. The molecule has 3 aromatic rings. The number of aliphatic hydroxyl groups is 1. The van der Waals surface area contributed by atoms with Gasteiger partial charge in [-0.15, -0.1) is 0 Å². The lowest BCUT2D eigenvalue weighted by atomic mass is 10.0. The number of carboxylic acid groups (broad SMARTS) is 1. The zero-order chi connectivity index (χ0) is 30.6. The second-order valence-electron chi connectivity index (χ2n) is 10.3. The molecule has 10 N–H and O–H groups in total. The largest absolute Gasteiger partial charge is 0.480 e. The summed E-state index contributed by atoms with van der Waals surface area (Å²) in [4.78, 5) is 54.7. The van der Waals surface area contributed by atoms with Crippen LogP contribution in [-0.4, -0.2) is 75.7 Å². The van der Waals surface area contributed by atoms with E-state index in [1.807, 2.05) is 54.6 Å². The molecule has 5 unspecified atom stereocenters. The summed E-state index contributed by atoms with van der Waals surface area (Å²) >= 11 is 0. The van der Waals surface area contributed by atoms with Gasteiger partial charge in [-0.1, -0.05) is 48.5 Å². The van der Waals surface area contributed by atoms with Gasteiger partial charge in [-0.2, -0.15) is 0 Å². The minimum atomic E-state index is -1.59. The maximum Gasteiger partial charge on any atom is 0.328 e. The van der Waals surface area contributed by atoms with Crippen LogP contribution in [0.1, 0.15) is 37.3 Å². The molecule has 0 saturated carbocycles. The molecule has 0 aliphatic rings. The molecule has 226 valence electrons. The molecule has 12 nitrogen and oxygen atoms in total. The SMILES string of the molecule is CC(O)C(NC(=O)C(Cc1c[nH]c2ccccc12)NC(=O)C(CCCCN)NC(=O)C(N)Cc1ccccc1)C(=O)O. The van der Waals surface area contributed by atoms with Crippen molar-refractivity contribution in [3.63, 3.8) is 0 Å². The summed E-state index contributed by atoms with van der Waals surface area (Å²) in [6.45, 7) is 1.64. The number of aromatic amines is 1. The monoisotopic (exact) mass is 580 g/mol. The average molecular weight is 581 g/mol. The number of hydrogen-bond donors (Lipinski definition) is 8. The van der Waals surface area contributed by atoms with Crippen molar-refractivity contribution < 1.29 is 29.4 Å². The van der Waals surface area contributed by atoms with Crippen LogP contribution < -0.4 is 27.4 Å². The van der Waals surface area contributed by atoms with Crippen LogP contribution in [0.25, 0.3) is 10.9 Å². The number of fused-ring (bicyclic) bond motifs is 1. The Kier molecular flexibility index (Phi) is 12.0. The first-order valence-electron chi connectivity index (χ1n) is 14.0. The summed E-state index contributed by atoms with van der Waals surface area (Å²) in [5.74, 6) is -3.37. The van der Waals surface area contributed by atoms with Crippen LogP contribution >= 0.6 is 0 Å². The fraction of sp³-hybridized carbons (Fsp3) is 0.400. The number of para-hydroxylation sites is 1. The van der Waals surface area contributed by atoms with Crippen molar-refractivity contribution >= 4 is 34.6 Å². The lowest BCUT2D eigenvalue weighted by Gasteiger charge is -2.26. The first kappa shape index (κ1) is 32.3. The maximum absolute atomic E-state index is 13.6. The Morgan fingerprint density at radius 3 is 2.17 bits per heavy atom. The molecule has 0 bridgehead atoms. The first-order valence-corrected chi connectivity index (χ1v) is 14.0. The number of aliphatic carboxylic acids is 1. The Balaban J connectivity index is 1.81. The standard InChI is InChI=1S/C30H40N6O6/c1-18(37)26(30(41)42)36-29(40)25(16-20-17-33-23-12-6-5-11-21(20)23)35-28(39)24(13-7-8-14-31)34-27(38)22(32)15-19-9-3-2-4-10-19/h2-6,9-12,17-18,22,24-26,33,37H,7-8,13-16,31-32H2,1H3,(H,34,38)(H,35,39)(H,36,40)(H,41,42). The molecule has 0 radical (unpaired) electrons. The van der Waals surface area contributed by atoms with Gasteiger partial charge in [-0.3, -0.25) is 14.4 Å². The van der Waals surface area contributed by atoms with Gasteiger partial charge in [0.1, 0.15) is 12.1 Å². The predicted octanol–water partition coefficient (Wildman–Crippen LogP) is 0.329. The van der Waals surface area contributed by atoms with Gasteiger partial charge in [0.2, 0.25) is 17.7 Å². The lowest BCUT2D eigenvalue weighted by molar-refractivity contribution is -0.145. The minimum absolute atomic E-state index is 0.0186. The quantitative estimate of drug-likeness (QED) is 0.110. The van der Waals surface area contributed by atoms with E-state index < -0.39 is 54.0 Å². The molecule has 2 aromatic carbocycles. The van der Waals surface area contributed by atoms with Gasteiger partial charge in [-0.05, 0) is 56.3 Å². The number of H-pyrrole nitrogens is 1. The van der Waals surface area contributed by atoms with Crippen LogP contribution in [0.5, 0.6) is 0 Å². The molecule has 12 heteroatoms. The number of unbranched alkanes of at least 4 members (excludes halogenated alkanes) is 1. The number of amides is 3. The molecule has 1 aromatic heterocycles. The Morgan fingerprint density at radius 2 is 1.50 bits per heavy atom. The van der Waals surface area contributed by atoms with Crippen LogP contribution in [0.15, 0.2) is 60.8 Å². The summed E-state index contributed by atoms with van der Waals surface area (Å²) in [5, 5.41) is 27.9.